The van der Waals surface area contributed by atoms with Gasteiger partial charge in [-0.25, -0.2) is 9.48 Å². The molecule has 0 unspecified atom stereocenters. The van der Waals surface area contributed by atoms with Crippen molar-refractivity contribution < 1.29 is 14.3 Å². The molecule has 0 bridgehead atoms. The number of ether oxygens (including phenoxy) is 1. The largest absolute Gasteiger partial charge is 0.451 e. The van der Waals surface area contributed by atoms with Gasteiger partial charge in [0.1, 0.15) is 0 Å². The Morgan fingerprint density at radius 3 is 2.47 bits per heavy atom. The minimum atomic E-state index is -0.802. The second kappa shape index (κ2) is 10.7. The number of rotatable bonds is 7. The predicted molar refractivity (Wildman–Crippen MR) is 127 cm³/mol. The summed E-state index contributed by atoms with van der Waals surface area (Å²) >= 11 is 1.32. The molecule has 0 radical (unpaired) electrons. The smallest absolute Gasteiger partial charge is 0.359 e. The summed E-state index contributed by atoms with van der Waals surface area (Å²) in [6, 6.07) is 19.9. The lowest BCUT2D eigenvalue weighted by atomic mass is 10.1. The number of hydrogen-bond donors (Lipinski definition) is 0. The van der Waals surface area contributed by atoms with E-state index in [0.717, 1.165) is 11.1 Å². The van der Waals surface area contributed by atoms with Crippen LogP contribution in [0, 0.1) is 6.92 Å². The van der Waals surface area contributed by atoms with E-state index >= 15 is 0 Å². The summed E-state index contributed by atoms with van der Waals surface area (Å²) in [7, 11) is 0. The molecule has 4 rings (SSSR count). The molecule has 0 fully saturated rings. The molecule has 2 heterocycles. The number of carbonyl (C=O) groups excluding carboxylic acids is 2. The van der Waals surface area contributed by atoms with E-state index in [4.69, 9.17) is 4.74 Å². The average molecular weight is 475 g/mol. The van der Waals surface area contributed by atoms with Gasteiger partial charge in [-0.15, -0.1) is 11.3 Å². The molecule has 0 aliphatic heterocycles. The Hall–Kier alpha value is -4.11. The standard InChI is InChI=1S/C25H22N4O4S/c1-18-7-9-20(10-8-18)15-28-13-14-34-25(28)26-22(30)17-33-24(32)21-11-12-23(31)29(27-21)16-19-5-3-2-4-6-19/h2-14H,15-17H2,1H3. The van der Waals surface area contributed by atoms with Crippen LogP contribution in [0.15, 0.2) is 88.1 Å². The van der Waals surface area contributed by atoms with Gasteiger partial charge in [-0.2, -0.15) is 10.1 Å². The number of nitrogens with zero attached hydrogens (tertiary/aromatic N) is 4. The van der Waals surface area contributed by atoms with E-state index in [-0.39, 0.29) is 17.8 Å². The Balaban J connectivity index is 1.40. The molecule has 0 saturated heterocycles. The van der Waals surface area contributed by atoms with Crippen molar-refractivity contribution in [3.63, 3.8) is 0 Å². The van der Waals surface area contributed by atoms with Crippen LogP contribution in [-0.2, 0) is 22.6 Å². The Morgan fingerprint density at radius 1 is 0.971 bits per heavy atom. The van der Waals surface area contributed by atoms with Crippen LogP contribution in [0.4, 0.5) is 0 Å². The van der Waals surface area contributed by atoms with Gasteiger partial charge in [0, 0.05) is 24.2 Å². The third kappa shape index (κ3) is 6.02. The molecule has 172 valence electrons. The second-order valence-corrected chi connectivity index (χ2v) is 8.45. The Kier molecular flexibility index (Phi) is 7.24. The van der Waals surface area contributed by atoms with E-state index in [9.17, 15) is 14.4 Å². The zero-order chi connectivity index (χ0) is 23.9. The van der Waals surface area contributed by atoms with E-state index in [1.165, 1.54) is 33.7 Å². The third-order valence-electron chi connectivity index (χ3n) is 4.93. The lowest BCUT2D eigenvalue weighted by Crippen LogP contribution is -2.26. The first-order chi connectivity index (χ1) is 16.5. The molecule has 8 nitrogen and oxygen atoms in total. The first-order valence-corrected chi connectivity index (χ1v) is 11.4. The molecular weight excluding hydrogens is 452 g/mol. The van der Waals surface area contributed by atoms with Crippen LogP contribution in [0.2, 0.25) is 0 Å². The quantitative estimate of drug-likeness (QED) is 0.384. The zero-order valence-electron chi connectivity index (χ0n) is 18.5. The second-order valence-electron chi connectivity index (χ2n) is 7.58. The fraction of sp³-hybridized carbons (Fsp3) is 0.160. The average Bonchev–Trinajstić information content (AvgIpc) is 3.27. The van der Waals surface area contributed by atoms with E-state index in [2.05, 4.69) is 10.1 Å². The van der Waals surface area contributed by atoms with Crippen molar-refractivity contribution in [3.8, 4) is 0 Å². The van der Waals surface area contributed by atoms with E-state index in [0.29, 0.717) is 11.3 Å². The lowest BCUT2D eigenvalue weighted by molar-refractivity contribution is -0.121. The number of aryl methyl sites for hydroxylation is 1. The van der Waals surface area contributed by atoms with Crippen LogP contribution in [0.5, 0.6) is 0 Å². The van der Waals surface area contributed by atoms with Crippen molar-refractivity contribution in [2.75, 3.05) is 6.61 Å². The molecule has 0 spiro atoms. The van der Waals surface area contributed by atoms with Crippen molar-refractivity contribution >= 4 is 23.2 Å². The Bertz CT molecular complexity index is 1420. The number of esters is 1. The zero-order valence-corrected chi connectivity index (χ0v) is 19.3. The van der Waals surface area contributed by atoms with Gasteiger partial charge in [0.2, 0.25) is 0 Å². The van der Waals surface area contributed by atoms with Gasteiger partial charge in [0.25, 0.3) is 11.5 Å². The van der Waals surface area contributed by atoms with Crippen LogP contribution in [0.3, 0.4) is 0 Å². The van der Waals surface area contributed by atoms with Gasteiger partial charge in [0.15, 0.2) is 17.1 Å². The molecule has 2 aromatic carbocycles. The van der Waals surface area contributed by atoms with Crippen molar-refractivity contribution in [2.45, 2.75) is 20.0 Å². The van der Waals surface area contributed by atoms with E-state index in [1.807, 2.05) is 77.7 Å². The van der Waals surface area contributed by atoms with Crippen LogP contribution >= 0.6 is 11.3 Å². The molecule has 0 aliphatic carbocycles. The Morgan fingerprint density at radius 2 is 1.71 bits per heavy atom. The SMILES string of the molecule is Cc1ccc(Cn2ccsc2=NC(=O)COC(=O)c2ccc(=O)n(Cc3ccccc3)n2)cc1. The van der Waals surface area contributed by atoms with Gasteiger partial charge in [-0.05, 0) is 24.1 Å². The molecule has 0 saturated carbocycles. The number of amides is 1. The molecule has 0 atom stereocenters. The summed E-state index contributed by atoms with van der Waals surface area (Å²) in [4.78, 5) is 41.4. The number of benzene rings is 2. The summed E-state index contributed by atoms with van der Waals surface area (Å²) in [5, 5.41) is 5.91. The number of aromatic nitrogens is 3. The third-order valence-corrected chi connectivity index (χ3v) is 5.73. The molecule has 0 aliphatic rings. The normalized spacial score (nSPS) is 11.4. The van der Waals surface area contributed by atoms with Crippen LogP contribution in [0.1, 0.15) is 27.2 Å². The summed E-state index contributed by atoms with van der Waals surface area (Å²) < 4.78 is 8.13. The highest BCUT2D eigenvalue weighted by atomic mass is 32.1. The van der Waals surface area contributed by atoms with Crippen molar-refractivity contribution in [1.82, 2.24) is 14.3 Å². The molecule has 1 amide bonds. The summed E-state index contributed by atoms with van der Waals surface area (Å²) in [5.74, 6) is -1.39. The van der Waals surface area contributed by atoms with Crippen molar-refractivity contribution in [3.05, 3.63) is 116 Å². The highest BCUT2D eigenvalue weighted by Crippen LogP contribution is 2.05. The lowest BCUT2D eigenvalue weighted by Gasteiger charge is -2.07. The van der Waals surface area contributed by atoms with Gasteiger partial charge in [-0.1, -0.05) is 60.2 Å². The summed E-state index contributed by atoms with van der Waals surface area (Å²) in [6.07, 6.45) is 1.85. The summed E-state index contributed by atoms with van der Waals surface area (Å²) in [5.41, 5.74) is 2.72. The first-order valence-electron chi connectivity index (χ1n) is 10.5. The molecular formula is C25H22N4O4S. The first kappa shape index (κ1) is 23.1. The van der Waals surface area contributed by atoms with Crippen molar-refractivity contribution in [2.24, 2.45) is 4.99 Å². The molecule has 9 heteroatoms. The Labute approximate surface area is 199 Å². The van der Waals surface area contributed by atoms with Gasteiger partial charge < -0.3 is 9.30 Å². The van der Waals surface area contributed by atoms with Gasteiger partial charge in [0.05, 0.1) is 6.54 Å². The highest BCUT2D eigenvalue weighted by molar-refractivity contribution is 7.07. The minimum absolute atomic E-state index is 0.0612. The van der Waals surface area contributed by atoms with Crippen LogP contribution in [-0.4, -0.2) is 32.8 Å². The highest BCUT2D eigenvalue weighted by Gasteiger charge is 2.14. The maximum absolute atomic E-state index is 12.4. The summed E-state index contributed by atoms with van der Waals surface area (Å²) in [6.45, 7) is 2.29. The van der Waals surface area contributed by atoms with Crippen LogP contribution in [0.25, 0.3) is 0 Å². The number of thiazole rings is 1. The molecule has 2 aromatic heterocycles. The van der Waals surface area contributed by atoms with Gasteiger partial charge >= 0.3 is 5.97 Å². The molecule has 34 heavy (non-hydrogen) atoms. The maximum atomic E-state index is 12.4. The monoisotopic (exact) mass is 474 g/mol. The topological polar surface area (TPSA) is 95.5 Å². The minimum Gasteiger partial charge on any atom is -0.451 e. The fourth-order valence-electron chi connectivity index (χ4n) is 3.16. The number of hydrogen-bond acceptors (Lipinski definition) is 6. The predicted octanol–water partition coefficient (Wildman–Crippen LogP) is 2.80. The van der Waals surface area contributed by atoms with Gasteiger partial charge in [-0.3, -0.25) is 9.59 Å². The number of carbonyl (C=O) groups is 2. The fourth-order valence-corrected chi connectivity index (χ4v) is 3.91. The van der Waals surface area contributed by atoms with E-state index in [1.54, 1.807) is 0 Å². The van der Waals surface area contributed by atoms with Crippen molar-refractivity contribution in [1.29, 1.82) is 0 Å². The maximum Gasteiger partial charge on any atom is 0.359 e. The molecule has 4 aromatic rings. The van der Waals surface area contributed by atoms with Crippen LogP contribution < -0.4 is 10.4 Å². The van der Waals surface area contributed by atoms with E-state index < -0.39 is 18.5 Å². The molecule has 0 N–H and O–H groups in total.